The lowest BCUT2D eigenvalue weighted by atomic mass is 9.82. The molecule has 1 aliphatic heterocycles. The minimum absolute atomic E-state index is 0.118. The number of hydrogen-bond acceptors (Lipinski definition) is 9. The largest absolute Gasteiger partial charge is 0.497 e. The Kier molecular flexibility index (Phi) is 12.0. The second-order valence-corrected chi connectivity index (χ2v) is 19.0. The molecule has 4 amide bonds. The van der Waals surface area contributed by atoms with E-state index in [1.165, 1.54) is 23.2 Å². The van der Waals surface area contributed by atoms with Crippen molar-refractivity contribution in [3.05, 3.63) is 47.3 Å². The van der Waals surface area contributed by atoms with Crippen LogP contribution in [0.4, 0.5) is 4.79 Å². The second kappa shape index (κ2) is 16.2. The quantitative estimate of drug-likeness (QED) is 0.180. The van der Waals surface area contributed by atoms with Crippen molar-refractivity contribution >= 4 is 33.8 Å². The van der Waals surface area contributed by atoms with Crippen LogP contribution in [0.25, 0.3) is 0 Å². The summed E-state index contributed by atoms with van der Waals surface area (Å²) >= 11 is 0. The lowest BCUT2D eigenvalue weighted by Crippen LogP contribution is -2.60. The summed E-state index contributed by atoms with van der Waals surface area (Å²) < 4.78 is 44.3. The average Bonchev–Trinajstić information content (AvgIpc) is 4.01. The molecular formula is C40H58N4O9S. The lowest BCUT2D eigenvalue weighted by molar-refractivity contribution is -0.143. The third kappa shape index (κ3) is 9.23. The van der Waals surface area contributed by atoms with Gasteiger partial charge in [0.2, 0.25) is 21.8 Å². The molecule has 6 rings (SSSR count). The molecule has 6 atom stereocenters. The predicted octanol–water partition coefficient (Wildman–Crippen LogP) is 4.56. The van der Waals surface area contributed by atoms with Gasteiger partial charge in [-0.05, 0) is 92.3 Å². The average molecular weight is 771 g/mol. The lowest BCUT2D eigenvalue weighted by Gasteiger charge is -2.35. The molecule has 0 aromatic heterocycles. The van der Waals surface area contributed by atoms with E-state index in [1.54, 1.807) is 7.11 Å². The Hall–Kier alpha value is -3.65. The van der Waals surface area contributed by atoms with Gasteiger partial charge in [0.1, 0.15) is 23.4 Å². The summed E-state index contributed by atoms with van der Waals surface area (Å²) in [6.45, 7) is 5.80. The number of rotatable bonds is 17. The first kappa shape index (κ1) is 40.0. The van der Waals surface area contributed by atoms with Crippen molar-refractivity contribution in [3.63, 3.8) is 0 Å². The fourth-order valence-electron chi connectivity index (χ4n) is 8.18. The molecule has 0 radical (unpaired) electrons. The van der Waals surface area contributed by atoms with E-state index >= 15 is 0 Å². The van der Waals surface area contributed by atoms with Crippen LogP contribution in [-0.4, -0.2) is 93.5 Å². The second-order valence-electron chi connectivity index (χ2n) is 17.0. The van der Waals surface area contributed by atoms with Crippen molar-refractivity contribution in [1.29, 1.82) is 0 Å². The third-order valence-electron chi connectivity index (χ3n) is 11.8. The number of nitrogens with one attached hydrogen (secondary N) is 3. The van der Waals surface area contributed by atoms with Crippen LogP contribution in [-0.2, 0) is 38.6 Å². The maximum atomic E-state index is 14.2. The zero-order valence-electron chi connectivity index (χ0n) is 32.4. The number of carbonyl (C=O) groups is 4. The molecule has 5 aliphatic carbocycles. The van der Waals surface area contributed by atoms with Crippen molar-refractivity contribution in [2.24, 2.45) is 23.2 Å². The minimum atomic E-state index is -3.81. The van der Waals surface area contributed by atoms with E-state index in [9.17, 15) is 27.6 Å². The molecule has 298 valence electrons. The van der Waals surface area contributed by atoms with Gasteiger partial charge < -0.3 is 29.7 Å². The number of methoxy groups -OCH3 is 2. The first-order valence-electron chi connectivity index (χ1n) is 19.6. The van der Waals surface area contributed by atoms with Gasteiger partial charge in [-0.1, -0.05) is 57.9 Å². The maximum Gasteiger partial charge on any atom is 0.407 e. The van der Waals surface area contributed by atoms with Crippen molar-refractivity contribution in [1.82, 2.24) is 20.3 Å². The molecule has 0 bridgehead atoms. The van der Waals surface area contributed by atoms with E-state index < -0.39 is 68.2 Å². The van der Waals surface area contributed by atoms with Crippen LogP contribution < -0.4 is 15.4 Å². The number of ether oxygens (including phenoxy) is 3. The molecule has 0 aromatic carbocycles. The molecule has 1 heterocycles. The fourth-order valence-corrected chi connectivity index (χ4v) is 9.55. The summed E-state index contributed by atoms with van der Waals surface area (Å²) in [7, 11) is -0.585. The predicted molar refractivity (Wildman–Crippen MR) is 202 cm³/mol. The zero-order valence-corrected chi connectivity index (χ0v) is 33.2. The van der Waals surface area contributed by atoms with Gasteiger partial charge >= 0.3 is 6.09 Å². The standard InChI is InChI=1S/C40H58N4O9S/c1-39(2,3)34(41-38(48)53-19-11-7-6-8-14-28-20-26-12-9-10-13-27(26)21-33(28)52-5)36(46)44-24-29(51-4)22-32(44)35(45)42-40(23-31(40)25-15-16-25)37(47)43-54(49,50)30-17-18-30/h9-10,12-13,21,25-26,29-32,34H,6-8,11,14-20,22-24H2,1-5H3,(H,41,48)(H,42,45)(H,43,47)/t26?,29-,31+,32-,34+,40+/m0/s1. The van der Waals surface area contributed by atoms with Gasteiger partial charge in [0, 0.05) is 26.0 Å². The number of amides is 4. The van der Waals surface area contributed by atoms with Gasteiger partial charge in [0.05, 0.1) is 25.1 Å². The zero-order chi connectivity index (χ0) is 38.8. The molecule has 3 N–H and O–H groups in total. The molecule has 1 saturated heterocycles. The Balaban J connectivity index is 1.00. The monoisotopic (exact) mass is 770 g/mol. The highest BCUT2D eigenvalue weighted by Crippen LogP contribution is 2.57. The SMILES string of the molecule is COC1=C(CCCCCCOC(=O)N[C@H](C(=O)N2C[C@@H](OC)C[C@H]2C(=O)N[C@]2(C(=O)NS(=O)(=O)C3CC3)C[C@@H]2C2CC2)C(C)(C)C)CC2C=CC=CC2=C1. The Morgan fingerprint density at radius 3 is 2.43 bits per heavy atom. The summed E-state index contributed by atoms with van der Waals surface area (Å²) in [6, 6.07) is -1.99. The maximum absolute atomic E-state index is 14.2. The highest BCUT2D eigenvalue weighted by molar-refractivity contribution is 7.91. The van der Waals surface area contributed by atoms with Crippen LogP contribution >= 0.6 is 0 Å². The first-order valence-corrected chi connectivity index (χ1v) is 21.2. The Morgan fingerprint density at radius 2 is 1.76 bits per heavy atom. The van der Waals surface area contributed by atoms with E-state index in [1.807, 2.05) is 20.8 Å². The van der Waals surface area contributed by atoms with Gasteiger partial charge in [0.25, 0.3) is 5.91 Å². The Bertz CT molecular complexity index is 1700. The van der Waals surface area contributed by atoms with Gasteiger partial charge in [-0.3, -0.25) is 19.1 Å². The van der Waals surface area contributed by atoms with Crippen LogP contribution in [0.15, 0.2) is 47.3 Å². The normalized spacial score (nSPS) is 28.2. The van der Waals surface area contributed by atoms with Gasteiger partial charge in [-0.15, -0.1) is 0 Å². The third-order valence-corrected chi connectivity index (χ3v) is 13.6. The van der Waals surface area contributed by atoms with E-state index in [0.717, 1.165) is 50.7 Å². The van der Waals surface area contributed by atoms with Crippen molar-refractivity contribution in [3.8, 4) is 0 Å². The smallest absolute Gasteiger partial charge is 0.407 e. The molecule has 6 aliphatic rings. The summed E-state index contributed by atoms with van der Waals surface area (Å²) in [4.78, 5) is 56.1. The summed E-state index contributed by atoms with van der Waals surface area (Å²) in [5.41, 5.74) is 0.539. The highest BCUT2D eigenvalue weighted by atomic mass is 32.2. The van der Waals surface area contributed by atoms with Gasteiger partial charge in [0.15, 0.2) is 0 Å². The Labute approximate surface area is 319 Å². The minimum Gasteiger partial charge on any atom is -0.497 e. The van der Waals surface area contributed by atoms with Gasteiger partial charge in [-0.2, -0.15) is 0 Å². The number of fused-ring (bicyclic) bond motifs is 1. The number of sulfonamides is 1. The molecular weight excluding hydrogens is 713 g/mol. The molecule has 3 saturated carbocycles. The van der Waals surface area contributed by atoms with Crippen molar-refractivity contribution in [2.45, 2.75) is 127 Å². The fraction of sp³-hybridized carbons (Fsp3) is 0.700. The van der Waals surface area contributed by atoms with Crippen LogP contribution in [0.2, 0.25) is 0 Å². The van der Waals surface area contributed by atoms with Crippen LogP contribution in [0.1, 0.15) is 97.8 Å². The molecule has 14 heteroatoms. The summed E-state index contributed by atoms with van der Waals surface area (Å²) in [5, 5.41) is 5.09. The molecule has 4 fully saturated rings. The number of carbonyl (C=O) groups excluding carboxylic acids is 4. The van der Waals surface area contributed by atoms with E-state index in [4.69, 9.17) is 14.2 Å². The Morgan fingerprint density at radius 1 is 1.02 bits per heavy atom. The number of alkyl carbamates (subject to hydrolysis) is 1. The highest BCUT2D eigenvalue weighted by Gasteiger charge is 2.67. The van der Waals surface area contributed by atoms with E-state index in [2.05, 4.69) is 45.7 Å². The van der Waals surface area contributed by atoms with Crippen LogP contribution in [0, 0.1) is 23.2 Å². The van der Waals surface area contributed by atoms with Crippen LogP contribution in [0.3, 0.4) is 0 Å². The topological polar surface area (TPSA) is 169 Å². The molecule has 13 nitrogen and oxygen atoms in total. The number of nitrogens with zero attached hydrogens (tertiary/aromatic N) is 1. The number of allylic oxidation sites excluding steroid dienone is 7. The molecule has 1 unspecified atom stereocenters. The number of hydrogen-bond donors (Lipinski definition) is 3. The van der Waals surface area contributed by atoms with E-state index in [-0.39, 0.29) is 31.4 Å². The number of likely N-dealkylation sites (tertiary alicyclic amines) is 1. The van der Waals surface area contributed by atoms with Crippen molar-refractivity contribution < 1.29 is 41.8 Å². The van der Waals surface area contributed by atoms with Gasteiger partial charge in [-0.25, -0.2) is 13.2 Å². The van der Waals surface area contributed by atoms with Crippen LogP contribution in [0.5, 0.6) is 0 Å². The molecule has 0 spiro atoms. The summed E-state index contributed by atoms with van der Waals surface area (Å²) in [5.74, 6) is -0.254. The summed E-state index contributed by atoms with van der Waals surface area (Å²) in [6.07, 6.45) is 18.4. The van der Waals surface area contributed by atoms with E-state index in [0.29, 0.717) is 31.6 Å². The first-order chi connectivity index (χ1) is 25.7. The molecule has 0 aromatic rings. The number of unbranched alkanes of at least 4 members (excludes halogenated alkanes) is 3. The van der Waals surface area contributed by atoms with Crippen molar-refractivity contribution in [2.75, 3.05) is 27.4 Å². The molecule has 54 heavy (non-hydrogen) atoms.